The van der Waals surface area contributed by atoms with Crippen LogP contribution >= 0.6 is 11.9 Å². The van der Waals surface area contributed by atoms with Crippen LogP contribution in [-0.2, 0) is 0 Å². The Morgan fingerprint density at radius 3 is 1.90 bits per heavy atom. The van der Waals surface area contributed by atoms with Crippen molar-refractivity contribution >= 4 is 17.9 Å². The molecule has 0 aliphatic rings. The zero-order chi connectivity index (χ0) is 8.15. The van der Waals surface area contributed by atoms with Crippen molar-refractivity contribution in [1.29, 1.82) is 0 Å². The standard InChI is InChI=1S/C6H15N3S/c1-7-6(8(2)3)9(4)10-5/h1-5H3. The highest BCUT2D eigenvalue weighted by molar-refractivity contribution is 7.96. The number of hydrogen-bond acceptors (Lipinski definition) is 2. The van der Waals surface area contributed by atoms with Crippen molar-refractivity contribution in [3.63, 3.8) is 0 Å². The Balaban J connectivity index is 4.08. The first-order valence-electron chi connectivity index (χ1n) is 3.05. The van der Waals surface area contributed by atoms with Crippen molar-refractivity contribution in [2.75, 3.05) is 34.4 Å². The lowest BCUT2D eigenvalue weighted by atomic mass is 10.8. The van der Waals surface area contributed by atoms with E-state index in [1.54, 1.807) is 19.0 Å². The summed E-state index contributed by atoms with van der Waals surface area (Å²) in [5.41, 5.74) is 0. The van der Waals surface area contributed by atoms with Crippen LogP contribution in [0.4, 0.5) is 0 Å². The van der Waals surface area contributed by atoms with Crippen LogP contribution < -0.4 is 0 Å². The molecule has 0 unspecified atom stereocenters. The van der Waals surface area contributed by atoms with Crippen molar-refractivity contribution in [2.24, 2.45) is 4.99 Å². The van der Waals surface area contributed by atoms with E-state index in [0.717, 1.165) is 5.96 Å². The summed E-state index contributed by atoms with van der Waals surface area (Å²) in [6.07, 6.45) is 2.02. The molecule has 0 fully saturated rings. The van der Waals surface area contributed by atoms with E-state index in [0.29, 0.717) is 0 Å². The van der Waals surface area contributed by atoms with Gasteiger partial charge in [-0.05, 0) is 0 Å². The van der Waals surface area contributed by atoms with E-state index in [1.807, 2.05) is 36.6 Å². The SMILES string of the molecule is CN=C(N(C)C)N(C)SC. The van der Waals surface area contributed by atoms with Crippen molar-refractivity contribution < 1.29 is 0 Å². The minimum absolute atomic E-state index is 0.979. The molecule has 60 valence electrons. The molecule has 0 heterocycles. The van der Waals surface area contributed by atoms with Gasteiger partial charge in [-0.3, -0.25) is 9.30 Å². The molecule has 0 bridgehead atoms. The number of nitrogens with zero attached hydrogens (tertiary/aromatic N) is 3. The van der Waals surface area contributed by atoms with Gasteiger partial charge < -0.3 is 4.90 Å². The molecule has 0 saturated heterocycles. The topological polar surface area (TPSA) is 18.8 Å². The van der Waals surface area contributed by atoms with E-state index in [9.17, 15) is 0 Å². The molecule has 0 N–H and O–H groups in total. The lowest BCUT2D eigenvalue weighted by Crippen LogP contribution is -2.33. The average molecular weight is 161 g/mol. The third-order valence-electron chi connectivity index (χ3n) is 1.16. The minimum atomic E-state index is 0.979. The number of aliphatic imine (C=N–C) groups is 1. The van der Waals surface area contributed by atoms with Crippen LogP contribution in [0.15, 0.2) is 4.99 Å². The van der Waals surface area contributed by atoms with E-state index in [4.69, 9.17) is 0 Å². The third kappa shape index (κ3) is 2.47. The van der Waals surface area contributed by atoms with Crippen LogP contribution in [0.5, 0.6) is 0 Å². The second-order valence-corrected chi connectivity index (χ2v) is 3.01. The number of guanidine groups is 1. The Labute approximate surface area is 67.2 Å². The van der Waals surface area contributed by atoms with Gasteiger partial charge >= 0.3 is 0 Å². The van der Waals surface area contributed by atoms with Gasteiger partial charge in [-0.2, -0.15) is 0 Å². The molecule has 10 heavy (non-hydrogen) atoms. The van der Waals surface area contributed by atoms with Crippen LogP contribution in [0.1, 0.15) is 0 Å². The van der Waals surface area contributed by atoms with Gasteiger partial charge in [0.1, 0.15) is 0 Å². The maximum atomic E-state index is 4.11. The minimum Gasteiger partial charge on any atom is -0.348 e. The molecule has 0 rings (SSSR count). The average Bonchev–Trinajstić information content (AvgIpc) is 1.88. The van der Waals surface area contributed by atoms with Gasteiger partial charge in [0.25, 0.3) is 0 Å². The predicted molar refractivity (Wildman–Crippen MR) is 48.3 cm³/mol. The van der Waals surface area contributed by atoms with Gasteiger partial charge in [0.15, 0.2) is 0 Å². The van der Waals surface area contributed by atoms with Crippen LogP contribution in [0.3, 0.4) is 0 Å². The van der Waals surface area contributed by atoms with Crippen molar-refractivity contribution in [3.05, 3.63) is 0 Å². The van der Waals surface area contributed by atoms with Crippen LogP contribution in [0.2, 0.25) is 0 Å². The summed E-state index contributed by atoms with van der Waals surface area (Å²) in [7, 11) is 7.75. The monoisotopic (exact) mass is 161 g/mol. The Bertz CT molecular complexity index is 122. The normalized spacial score (nSPS) is 11.5. The van der Waals surface area contributed by atoms with Crippen LogP contribution in [0.25, 0.3) is 0 Å². The molecular formula is C6H15N3S. The Kier molecular flexibility index (Phi) is 4.27. The highest BCUT2D eigenvalue weighted by Gasteiger charge is 2.04. The molecular weight excluding hydrogens is 146 g/mol. The van der Waals surface area contributed by atoms with Gasteiger partial charge in [-0.1, -0.05) is 11.9 Å². The van der Waals surface area contributed by atoms with Gasteiger partial charge in [-0.25, -0.2) is 0 Å². The molecule has 3 nitrogen and oxygen atoms in total. The maximum absolute atomic E-state index is 4.11. The van der Waals surface area contributed by atoms with Gasteiger partial charge in [0.05, 0.1) is 0 Å². The van der Waals surface area contributed by atoms with Crippen molar-refractivity contribution in [3.8, 4) is 0 Å². The summed E-state index contributed by atoms with van der Waals surface area (Å²) in [5.74, 6) is 0.979. The van der Waals surface area contributed by atoms with E-state index in [1.165, 1.54) is 0 Å². The first kappa shape index (κ1) is 9.62. The molecule has 0 atom stereocenters. The Hall–Kier alpha value is -0.380. The Morgan fingerprint density at radius 2 is 1.80 bits per heavy atom. The number of rotatable bonds is 1. The van der Waals surface area contributed by atoms with Crippen LogP contribution in [0, 0.1) is 0 Å². The first-order valence-corrected chi connectivity index (χ1v) is 4.23. The molecule has 0 aromatic carbocycles. The lowest BCUT2D eigenvalue weighted by molar-refractivity contribution is 0.552. The van der Waals surface area contributed by atoms with Gasteiger partial charge in [-0.15, -0.1) is 0 Å². The van der Waals surface area contributed by atoms with E-state index < -0.39 is 0 Å². The van der Waals surface area contributed by atoms with Crippen molar-refractivity contribution in [2.45, 2.75) is 0 Å². The smallest absolute Gasteiger partial charge is 0.205 e. The summed E-state index contributed by atoms with van der Waals surface area (Å²) >= 11 is 1.65. The molecule has 4 heteroatoms. The quantitative estimate of drug-likeness (QED) is 0.321. The largest absolute Gasteiger partial charge is 0.348 e. The van der Waals surface area contributed by atoms with Crippen LogP contribution in [-0.4, -0.2) is 49.6 Å². The summed E-state index contributed by atoms with van der Waals surface area (Å²) < 4.78 is 2.01. The molecule has 0 spiro atoms. The first-order chi connectivity index (χ1) is 4.63. The molecule has 0 saturated carbocycles. The fourth-order valence-corrected chi connectivity index (χ4v) is 1.11. The second kappa shape index (κ2) is 4.44. The highest BCUT2D eigenvalue weighted by atomic mass is 32.2. The molecule has 0 aromatic heterocycles. The highest BCUT2D eigenvalue weighted by Crippen LogP contribution is 2.02. The maximum Gasteiger partial charge on any atom is 0.205 e. The summed E-state index contributed by atoms with van der Waals surface area (Å²) in [4.78, 5) is 6.09. The summed E-state index contributed by atoms with van der Waals surface area (Å²) in [6.45, 7) is 0. The van der Waals surface area contributed by atoms with Crippen molar-refractivity contribution in [1.82, 2.24) is 9.21 Å². The van der Waals surface area contributed by atoms with Gasteiger partial charge in [0, 0.05) is 34.4 Å². The van der Waals surface area contributed by atoms with E-state index in [2.05, 4.69) is 4.99 Å². The summed E-state index contributed by atoms with van der Waals surface area (Å²) in [5, 5.41) is 0. The zero-order valence-corrected chi connectivity index (χ0v) is 8.07. The van der Waals surface area contributed by atoms with Gasteiger partial charge in [0.2, 0.25) is 5.96 Å². The second-order valence-electron chi connectivity index (χ2n) is 2.10. The zero-order valence-electron chi connectivity index (χ0n) is 7.25. The number of hydrogen-bond donors (Lipinski definition) is 0. The molecule has 0 amide bonds. The molecule has 0 aliphatic heterocycles. The molecule has 0 aliphatic carbocycles. The fourth-order valence-electron chi connectivity index (χ4n) is 0.704. The third-order valence-corrected chi connectivity index (χ3v) is 1.87. The fraction of sp³-hybridized carbons (Fsp3) is 0.833. The van der Waals surface area contributed by atoms with E-state index >= 15 is 0 Å². The summed E-state index contributed by atoms with van der Waals surface area (Å²) in [6, 6.07) is 0. The predicted octanol–water partition coefficient (Wildman–Crippen LogP) is 0.744. The molecule has 0 aromatic rings. The Morgan fingerprint density at radius 1 is 1.30 bits per heavy atom. The molecule has 0 radical (unpaired) electrons. The lowest BCUT2D eigenvalue weighted by Gasteiger charge is -2.23. The van der Waals surface area contributed by atoms with E-state index in [-0.39, 0.29) is 0 Å².